The van der Waals surface area contributed by atoms with Gasteiger partial charge < -0.3 is 31.4 Å². The summed E-state index contributed by atoms with van der Waals surface area (Å²) in [5.74, 6) is -0.106. The van der Waals surface area contributed by atoms with Crippen molar-refractivity contribution < 1.29 is 19.1 Å². The van der Waals surface area contributed by atoms with E-state index < -0.39 is 18.2 Å². The Labute approximate surface area is 241 Å². The van der Waals surface area contributed by atoms with E-state index in [-0.39, 0.29) is 17.7 Å². The van der Waals surface area contributed by atoms with Crippen LogP contribution in [-0.4, -0.2) is 78.8 Å². The number of H-pyrrole nitrogens is 1. The van der Waals surface area contributed by atoms with Crippen molar-refractivity contribution in [3.05, 3.63) is 47.8 Å². The van der Waals surface area contributed by atoms with E-state index in [4.69, 9.17) is 5.73 Å². The van der Waals surface area contributed by atoms with Gasteiger partial charge >= 0.3 is 6.09 Å². The van der Waals surface area contributed by atoms with E-state index in [1.807, 2.05) is 19.0 Å². The Morgan fingerprint density at radius 3 is 2.71 bits per heavy atom. The molecule has 1 saturated heterocycles. The van der Waals surface area contributed by atoms with Crippen LogP contribution in [0.25, 0.3) is 5.57 Å². The molecule has 3 heterocycles. The Hall–Kier alpha value is -3.52. The van der Waals surface area contributed by atoms with Crippen LogP contribution in [0.2, 0.25) is 0 Å². The molecule has 226 valence electrons. The molecule has 41 heavy (non-hydrogen) atoms. The predicted octanol–water partition coefficient (Wildman–Crippen LogP) is 1.18. The number of carbonyl (C=O) groups excluding carboxylic acids is 3. The minimum absolute atomic E-state index is 0.151. The number of hydrazine groups is 1. The number of alkyl carbamates (subject to hydrolysis) is 1. The van der Waals surface area contributed by atoms with Crippen molar-refractivity contribution in [1.29, 1.82) is 0 Å². The van der Waals surface area contributed by atoms with Crippen LogP contribution in [0.5, 0.6) is 0 Å². The zero-order valence-corrected chi connectivity index (χ0v) is 24.5. The number of hydrogen-bond donors (Lipinski definition) is 7. The highest BCUT2D eigenvalue weighted by Crippen LogP contribution is 2.26. The number of ether oxygens (including phenoxy) is 1. The molecule has 1 aromatic rings. The van der Waals surface area contributed by atoms with Crippen molar-refractivity contribution in [3.8, 4) is 0 Å². The maximum Gasteiger partial charge on any atom is 0.411 e. The van der Waals surface area contributed by atoms with Gasteiger partial charge in [0.2, 0.25) is 11.8 Å². The number of fused-ring (bicyclic) bond motifs is 2. The lowest BCUT2D eigenvalue weighted by Crippen LogP contribution is -2.56. The van der Waals surface area contributed by atoms with Gasteiger partial charge in [-0.2, -0.15) is 0 Å². The Kier molecular flexibility index (Phi) is 12.1. The van der Waals surface area contributed by atoms with Crippen LogP contribution >= 0.6 is 0 Å². The number of aromatic nitrogens is 2. The monoisotopic (exact) mass is 571 g/mol. The second-order valence-electron chi connectivity index (χ2n) is 10.6. The fourth-order valence-electron chi connectivity index (χ4n) is 4.96. The predicted molar refractivity (Wildman–Crippen MR) is 157 cm³/mol. The molecule has 0 aromatic carbocycles. The van der Waals surface area contributed by atoms with Gasteiger partial charge in [-0.05, 0) is 64.9 Å². The van der Waals surface area contributed by atoms with Gasteiger partial charge in [0.1, 0.15) is 5.82 Å². The molecule has 1 aromatic heterocycles. The number of imidazole rings is 1. The summed E-state index contributed by atoms with van der Waals surface area (Å²) in [4.78, 5) is 45.6. The number of carbonyl (C=O) groups is 3. The van der Waals surface area contributed by atoms with Crippen LogP contribution in [0.1, 0.15) is 63.5 Å². The highest BCUT2D eigenvalue weighted by molar-refractivity contribution is 5.87. The molecule has 0 aliphatic carbocycles. The number of piperidine rings is 1. The topological polar surface area (TPSA) is 179 Å². The molecule has 1 unspecified atom stereocenters. The Morgan fingerprint density at radius 2 is 2.02 bits per heavy atom. The van der Waals surface area contributed by atoms with Crippen molar-refractivity contribution in [2.75, 3.05) is 33.8 Å². The number of amides is 3. The van der Waals surface area contributed by atoms with Crippen LogP contribution in [0.15, 0.2) is 36.3 Å². The second-order valence-corrected chi connectivity index (χ2v) is 10.6. The number of nitrogens with one attached hydrogen (secondary N) is 6. The number of nitrogens with two attached hydrogens (primary N) is 1. The average Bonchev–Trinajstić information content (AvgIpc) is 3.44. The maximum atomic E-state index is 13.3. The van der Waals surface area contributed by atoms with Crippen molar-refractivity contribution in [3.63, 3.8) is 0 Å². The molecular formula is C28H45N9O4. The molecule has 13 heteroatoms. The molecule has 0 radical (unpaired) electrons. The van der Waals surface area contributed by atoms with Gasteiger partial charge in [-0.3, -0.25) is 20.3 Å². The smallest absolute Gasteiger partial charge is 0.411 e. The van der Waals surface area contributed by atoms with Gasteiger partial charge in [0.15, 0.2) is 0 Å². The molecule has 13 nitrogen and oxygen atoms in total. The SMILES string of the molecule is C=C1NC(=O)[C@H](C)CCC[C@H](NC(=O)C(N)CN(NC)C2CCNCC2)c2ncc([nH]2)/C1=C/C=C(\C)NC(=O)OC. The van der Waals surface area contributed by atoms with E-state index in [1.54, 1.807) is 25.3 Å². The van der Waals surface area contributed by atoms with E-state index in [0.717, 1.165) is 25.9 Å². The number of hydrogen-bond acceptors (Lipinski definition) is 9. The summed E-state index contributed by atoms with van der Waals surface area (Å²) in [5.41, 5.74) is 11.7. The molecule has 2 bridgehead atoms. The highest BCUT2D eigenvalue weighted by atomic mass is 16.5. The van der Waals surface area contributed by atoms with Crippen LogP contribution in [0.3, 0.4) is 0 Å². The molecule has 2 aliphatic heterocycles. The van der Waals surface area contributed by atoms with E-state index in [1.165, 1.54) is 7.11 Å². The summed E-state index contributed by atoms with van der Waals surface area (Å²) >= 11 is 0. The Balaban J connectivity index is 1.82. The van der Waals surface area contributed by atoms with E-state index in [9.17, 15) is 14.4 Å². The number of rotatable bonds is 8. The molecule has 8 N–H and O–H groups in total. The molecule has 3 atom stereocenters. The normalized spacial score (nSPS) is 22.9. The summed E-state index contributed by atoms with van der Waals surface area (Å²) in [7, 11) is 3.13. The molecule has 2 aliphatic rings. The second kappa shape index (κ2) is 15.5. The van der Waals surface area contributed by atoms with Gasteiger partial charge in [0, 0.05) is 35.5 Å². The number of allylic oxidation sites excluding steroid dienone is 4. The van der Waals surface area contributed by atoms with Crippen LogP contribution in [0.4, 0.5) is 4.79 Å². The maximum absolute atomic E-state index is 13.3. The first-order chi connectivity index (χ1) is 19.6. The summed E-state index contributed by atoms with van der Waals surface area (Å²) < 4.78 is 4.64. The molecule has 3 amide bonds. The third-order valence-corrected chi connectivity index (χ3v) is 7.46. The zero-order valence-electron chi connectivity index (χ0n) is 24.5. The quantitative estimate of drug-likeness (QED) is 0.226. The first-order valence-corrected chi connectivity index (χ1v) is 14.1. The standard InChI is InChI=1S/C28H45N9O4/c1-17-7-6-8-23(36-27(39)22(29)16-37(30-4)20-11-13-31-14-12-20)25-32-15-24(35-25)21(19(3)34-26(17)38)10-9-18(2)33-28(40)41-5/h9-10,15,17,20,22-23,30-31H,3,6-8,11-14,16,29H2,1-2,4-5H3,(H,32,35)(H,33,40)(H,34,38)(H,36,39)/b18-9+,21-10+/t17-,22?,23+/m1/s1. The van der Waals surface area contributed by atoms with Crippen LogP contribution < -0.4 is 32.4 Å². The van der Waals surface area contributed by atoms with Crippen molar-refractivity contribution in [2.45, 2.75) is 64.1 Å². The molecule has 3 rings (SSSR count). The molecular weight excluding hydrogens is 526 g/mol. The Morgan fingerprint density at radius 1 is 1.29 bits per heavy atom. The summed E-state index contributed by atoms with van der Waals surface area (Å²) in [6.45, 7) is 9.88. The largest absolute Gasteiger partial charge is 0.453 e. The van der Waals surface area contributed by atoms with E-state index in [0.29, 0.717) is 60.3 Å². The third kappa shape index (κ3) is 9.25. The van der Waals surface area contributed by atoms with Gasteiger partial charge in [-0.15, -0.1) is 0 Å². The lowest BCUT2D eigenvalue weighted by molar-refractivity contribution is -0.125. The zero-order chi connectivity index (χ0) is 29.9. The summed E-state index contributed by atoms with van der Waals surface area (Å²) in [6.07, 6.45) is 8.29. The van der Waals surface area contributed by atoms with Gasteiger partial charge in [0.25, 0.3) is 0 Å². The molecule has 0 spiro atoms. The lowest BCUT2D eigenvalue weighted by atomic mass is 9.99. The van der Waals surface area contributed by atoms with Gasteiger partial charge in [0.05, 0.1) is 31.1 Å². The molecule has 0 saturated carbocycles. The van der Waals surface area contributed by atoms with Crippen LogP contribution in [0, 0.1) is 5.92 Å². The Bertz CT molecular complexity index is 1140. The first-order valence-electron chi connectivity index (χ1n) is 14.1. The van der Waals surface area contributed by atoms with Crippen molar-refractivity contribution in [2.24, 2.45) is 11.7 Å². The average molecular weight is 572 g/mol. The number of methoxy groups -OCH3 is 1. The van der Waals surface area contributed by atoms with Gasteiger partial charge in [-0.25, -0.2) is 14.8 Å². The van der Waals surface area contributed by atoms with Crippen LogP contribution in [-0.2, 0) is 14.3 Å². The minimum atomic E-state index is -0.747. The van der Waals surface area contributed by atoms with E-state index >= 15 is 0 Å². The van der Waals surface area contributed by atoms with Crippen molar-refractivity contribution in [1.82, 2.24) is 41.7 Å². The third-order valence-electron chi connectivity index (χ3n) is 7.46. The fraction of sp³-hybridized carbons (Fsp3) is 0.571. The highest BCUT2D eigenvalue weighted by Gasteiger charge is 2.28. The summed E-state index contributed by atoms with van der Waals surface area (Å²) in [6, 6.07) is -0.865. The number of aromatic amines is 1. The minimum Gasteiger partial charge on any atom is -0.453 e. The molecule has 1 fully saturated rings. The number of nitrogens with zero attached hydrogens (tertiary/aromatic N) is 2. The van der Waals surface area contributed by atoms with Gasteiger partial charge in [-0.1, -0.05) is 19.9 Å². The summed E-state index contributed by atoms with van der Waals surface area (Å²) in [5, 5.41) is 14.0. The van der Waals surface area contributed by atoms with Crippen molar-refractivity contribution >= 4 is 23.5 Å². The fourth-order valence-corrected chi connectivity index (χ4v) is 4.96. The first kappa shape index (κ1) is 32.0. The lowest BCUT2D eigenvalue weighted by Gasteiger charge is -2.35. The van der Waals surface area contributed by atoms with E-state index in [2.05, 4.69) is 48.0 Å².